The Labute approximate surface area is 102 Å². The molecule has 0 atom stereocenters. The normalized spacial score (nSPS) is 11.6. The molecule has 96 valence electrons. The van der Waals surface area contributed by atoms with Crippen LogP contribution in [0.25, 0.3) is 0 Å². The zero-order valence-electron chi connectivity index (χ0n) is 11.2. The molecule has 0 aliphatic rings. The van der Waals surface area contributed by atoms with Gasteiger partial charge in [-0.3, -0.25) is 9.48 Å². The van der Waals surface area contributed by atoms with Crippen molar-refractivity contribution >= 4 is 5.97 Å². The van der Waals surface area contributed by atoms with E-state index < -0.39 is 5.60 Å². The number of hydrogen-bond donors (Lipinski definition) is 1. The van der Waals surface area contributed by atoms with E-state index in [2.05, 4.69) is 5.10 Å². The molecule has 0 spiro atoms. The second-order valence-corrected chi connectivity index (χ2v) is 5.10. The van der Waals surface area contributed by atoms with Crippen LogP contribution in [0.1, 0.15) is 37.7 Å². The van der Waals surface area contributed by atoms with E-state index >= 15 is 0 Å². The van der Waals surface area contributed by atoms with E-state index in [1.54, 1.807) is 4.68 Å². The van der Waals surface area contributed by atoms with Gasteiger partial charge in [0.15, 0.2) is 0 Å². The van der Waals surface area contributed by atoms with Crippen LogP contribution in [0.5, 0.6) is 0 Å². The van der Waals surface area contributed by atoms with Crippen molar-refractivity contribution in [1.82, 2.24) is 9.78 Å². The summed E-state index contributed by atoms with van der Waals surface area (Å²) >= 11 is 0. The number of carbonyl (C=O) groups is 1. The minimum absolute atomic E-state index is 0.129. The molecular formula is C12H21N3O2. The number of nitrogens with zero attached hydrogens (tertiary/aromatic N) is 2. The third kappa shape index (κ3) is 3.56. The lowest BCUT2D eigenvalue weighted by molar-refractivity contribution is -0.155. The molecule has 17 heavy (non-hydrogen) atoms. The average Bonchev–Trinajstić information content (AvgIpc) is 2.38. The molecule has 0 fully saturated rings. The third-order valence-corrected chi connectivity index (χ3v) is 2.43. The second-order valence-electron chi connectivity index (χ2n) is 5.10. The fourth-order valence-electron chi connectivity index (χ4n) is 1.68. The number of aryl methyl sites for hydroxylation is 1. The molecule has 0 saturated heterocycles. The standard InChI is InChI=1S/C12H21N3O2/c1-8-10(6-13)9(2)15(14-8)7-11(16)17-12(3,4)5/h6-7,13H2,1-5H3. The monoisotopic (exact) mass is 239 g/mol. The number of ether oxygens (including phenoxy) is 1. The van der Waals surface area contributed by atoms with Crippen LogP contribution in [0.2, 0.25) is 0 Å². The molecule has 0 bridgehead atoms. The first-order valence-electron chi connectivity index (χ1n) is 5.69. The minimum Gasteiger partial charge on any atom is -0.459 e. The van der Waals surface area contributed by atoms with Gasteiger partial charge in [-0.15, -0.1) is 0 Å². The molecular weight excluding hydrogens is 218 g/mol. The average molecular weight is 239 g/mol. The lowest BCUT2D eigenvalue weighted by atomic mass is 10.2. The Balaban J connectivity index is 2.79. The highest BCUT2D eigenvalue weighted by molar-refractivity contribution is 5.69. The van der Waals surface area contributed by atoms with Gasteiger partial charge in [-0.1, -0.05) is 0 Å². The quantitative estimate of drug-likeness (QED) is 0.807. The molecule has 0 amide bonds. The van der Waals surface area contributed by atoms with E-state index in [0.29, 0.717) is 6.54 Å². The van der Waals surface area contributed by atoms with E-state index in [1.165, 1.54) is 0 Å². The highest BCUT2D eigenvalue weighted by Crippen LogP contribution is 2.13. The molecule has 0 unspecified atom stereocenters. The van der Waals surface area contributed by atoms with Gasteiger partial charge >= 0.3 is 5.97 Å². The van der Waals surface area contributed by atoms with Gasteiger partial charge in [-0.2, -0.15) is 5.10 Å². The topological polar surface area (TPSA) is 70.1 Å². The first-order chi connectivity index (χ1) is 7.74. The molecule has 0 aliphatic heterocycles. The van der Waals surface area contributed by atoms with Crippen molar-refractivity contribution in [3.8, 4) is 0 Å². The lowest BCUT2D eigenvalue weighted by Crippen LogP contribution is -2.27. The molecule has 1 aromatic rings. The Hall–Kier alpha value is -1.36. The Bertz CT molecular complexity index is 416. The van der Waals surface area contributed by atoms with Crippen molar-refractivity contribution in [2.45, 2.75) is 53.3 Å². The Kier molecular flexibility index (Phi) is 3.93. The van der Waals surface area contributed by atoms with Gasteiger partial charge in [0.25, 0.3) is 0 Å². The fourth-order valence-corrected chi connectivity index (χ4v) is 1.68. The number of nitrogens with two attached hydrogens (primary N) is 1. The summed E-state index contributed by atoms with van der Waals surface area (Å²) in [5.41, 5.74) is 7.95. The summed E-state index contributed by atoms with van der Waals surface area (Å²) in [7, 11) is 0. The smallest absolute Gasteiger partial charge is 0.328 e. The van der Waals surface area contributed by atoms with Crippen molar-refractivity contribution in [1.29, 1.82) is 0 Å². The molecule has 5 nitrogen and oxygen atoms in total. The van der Waals surface area contributed by atoms with E-state index in [4.69, 9.17) is 10.5 Å². The predicted octanol–water partition coefficient (Wildman–Crippen LogP) is 1.30. The van der Waals surface area contributed by atoms with E-state index in [9.17, 15) is 4.79 Å². The zero-order valence-corrected chi connectivity index (χ0v) is 11.2. The van der Waals surface area contributed by atoms with Gasteiger partial charge in [0, 0.05) is 17.8 Å². The van der Waals surface area contributed by atoms with Crippen LogP contribution in [-0.4, -0.2) is 21.4 Å². The maximum atomic E-state index is 11.7. The van der Waals surface area contributed by atoms with Gasteiger partial charge < -0.3 is 10.5 Å². The van der Waals surface area contributed by atoms with E-state index in [0.717, 1.165) is 17.0 Å². The van der Waals surface area contributed by atoms with Gasteiger partial charge in [0.1, 0.15) is 12.1 Å². The second kappa shape index (κ2) is 4.87. The molecule has 2 N–H and O–H groups in total. The zero-order chi connectivity index (χ0) is 13.2. The van der Waals surface area contributed by atoms with Crippen LogP contribution in [-0.2, 0) is 22.6 Å². The molecule has 0 aliphatic carbocycles. The lowest BCUT2D eigenvalue weighted by Gasteiger charge is -2.19. The highest BCUT2D eigenvalue weighted by Gasteiger charge is 2.18. The summed E-state index contributed by atoms with van der Waals surface area (Å²) in [4.78, 5) is 11.7. The third-order valence-electron chi connectivity index (χ3n) is 2.43. The van der Waals surface area contributed by atoms with Gasteiger partial charge in [-0.05, 0) is 34.6 Å². The van der Waals surface area contributed by atoms with Crippen LogP contribution >= 0.6 is 0 Å². The minimum atomic E-state index is -0.468. The van der Waals surface area contributed by atoms with Crippen molar-refractivity contribution in [2.24, 2.45) is 5.73 Å². The summed E-state index contributed by atoms with van der Waals surface area (Å²) < 4.78 is 6.89. The van der Waals surface area contributed by atoms with Crippen LogP contribution in [0.15, 0.2) is 0 Å². The highest BCUT2D eigenvalue weighted by atomic mass is 16.6. The number of carbonyl (C=O) groups excluding carboxylic acids is 1. The van der Waals surface area contributed by atoms with Crippen molar-refractivity contribution in [2.75, 3.05) is 0 Å². The SMILES string of the molecule is Cc1nn(CC(=O)OC(C)(C)C)c(C)c1CN. The summed E-state index contributed by atoms with van der Waals surface area (Å²) in [6.45, 7) is 9.90. The molecule has 1 heterocycles. The first kappa shape index (κ1) is 13.7. The first-order valence-corrected chi connectivity index (χ1v) is 5.69. The van der Waals surface area contributed by atoms with Crippen molar-refractivity contribution in [3.63, 3.8) is 0 Å². The largest absolute Gasteiger partial charge is 0.459 e. The Morgan fingerprint density at radius 2 is 2.00 bits per heavy atom. The van der Waals surface area contributed by atoms with Crippen molar-refractivity contribution < 1.29 is 9.53 Å². The molecule has 5 heteroatoms. The number of esters is 1. The maximum absolute atomic E-state index is 11.7. The molecule has 1 aromatic heterocycles. The number of rotatable bonds is 3. The fraction of sp³-hybridized carbons (Fsp3) is 0.667. The van der Waals surface area contributed by atoms with Gasteiger partial charge in [-0.25, -0.2) is 0 Å². The summed E-state index contributed by atoms with van der Waals surface area (Å²) in [5.74, 6) is -0.285. The summed E-state index contributed by atoms with van der Waals surface area (Å²) in [6.07, 6.45) is 0. The van der Waals surface area contributed by atoms with E-state index in [1.807, 2.05) is 34.6 Å². The number of hydrogen-bond acceptors (Lipinski definition) is 4. The van der Waals surface area contributed by atoms with Crippen molar-refractivity contribution in [3.05, 3.63) is 17.0 Å². The van der Waals surface area contributed by atoms with Crippen LogP contribution < -0.4 is 5.73 Å². The van der Waals surface area contributed by atoms with Gasteiger partial charge in [0.05, 0.1) is 5.69 Å². The summed E-state index contributed by atoms with van der Waals surface area (Å²) in [6, 6.07) is 0. The van der Waals surface area contributed by atoms with Crippen LogP contribution in [0.3, 0.4) is 0 Å². The molecule has 0 radical (unpaired) electrons. The van der Waals surface area contributed by atoms with E-state index in [-0.39, 0.29) is 12.5 Å². The Morgan fingerprint density at radius 1 is 1.41 bits per heavy atom. The summed E-state index contributed by atoms with van der Waals surface area (Å²) in [5, 5.41) is 4.29. The van der Waals surface area contributed by atoms with Crippen LogP contribution in [0.4, 0.5) is 0 Å². The van der Waals surface area contributed by atoms with Crippen LogP contribution in [0, 0.1) is 13.8 Å². The van der Waals surface area contributed by atoms with Gasteiger partial charge in [0.2, 0.25) is 0 Å². The maximum Gasteiger partial charge on any atom is 0.328 e. The molecule has 0 aromatic carbocycles. The molecule has 1 rings (SSSR count). The predicted molar refractivity (Wildman–Crippen MR) is 65.4 cm³/mol. The Morgan fingerprint density at radius 3 is 2.41 bits per heavy atom. The number of aromatic nitrogens is 2. The molecule has 0 saturated carbocycles.